The highest BCUT2D eigenvalue weighted by Gasteiger charge is 2.20. The average Bonchev–Trinajstić information content (AvgIpc) is 3.07. The summed E-state index contributed by atoms with van der Waals surface area (Å²) in [6.45, 7) is 0. The molecule has 26 heavy (non-hydrogen) atoms. The summed E-state index contributed by atoms with van der Waals surface area (Å²) in [7, 11) is 0. The number of aromatic nitrogens is 1. The van der Waals surface area contributed by atoms with Gasteiger partial charge in [-0.25, -0.2) is 0 Å². The summed E-state index contributed by atoms with van der Waals surface area (Å²) in [4.78, 5) is 10.9. The van der Waals surface area contributed by atoms with Crippen molar-refractivity contribution in [1.29, 1.82) is 0 Å². The number of nitrogens with zero attached hydrogens (tertiary/aromatic N) is 1. The minimum atomic E-state index is -0.751. The number of carboxylic acid groups (broad SMARTS) is 1. The lowest BCUT2D eigenvalue weighted by Crippen LogP contribution is -2.08. The van der Waals surface area contributed by atoms with Crippen molar-refractivity contribution in [1.82, 2.24) is 4.57 Å². The molecule has 0 atom stereocenters. The summed E-state index contributed by atoms with van der Waals surface area (Å²) in [5.41, 5.74) is 7.51. The fourth-order valence-corrected chi connectivity index (χ4v) is 3.92. The summed E-state index contributed by atoms with van der Waals surface area (Å²) < 4.78 is 2.38. The van der Waals surface area contributed by atoms with Gasteiger partial charge in [-0.15, -0.1) is 0 Å². The number of benzene rings is 2. The fraction of sp³-hybridized carbons (Fsp3) is 0.261. The third-order valence-corrected chi connectivity index (χ3v) is 5.17. The van der Waals surface area contributed by atoms with Crippen LogP contribution in [0.2, 0.25) is 0 Å². The SMILES string of the molecule is O=C(O)CCc1cccc(-n2c(-c3ccccc3)cc3c2CCCC3)c1. The van der Waals surface area contributed by atoms with E-state index in [0.717, 1.165) is 24.1 Å². The van der Waals surface area contributed by atoms with E-state index >= 15 is 0 Å². The van der Waals surface area contributed by atoms with E-state index in [1.54, 1.807) is 0 Å². The quantitative estimate of drug-likeness (QED) is 0.704. The van der Waals surface area contributed by atoms with Crippen molar-refractivity contribution in [3.8, 4) is 16.9 Å². The van der Waals surface area contributed by atoms with Gasteiger partial charge in [0, 0.05) is 17.8 Å². The van der Waals surface area contributed by atoms with Crippen molar-refractivity contribution in [2.75, 3.05) is 0 Å². The highest BCUT2D eigenvalue weighted by Crippen LogP contribution is 2.34. The van der Waals surface area contributed by atoms with E-state index in [1.807, 2.05) is 18.2 Å². The zero-order chi connectivity index (χ0) is 17.9. The van der Waals surface area contributed by atoms with Crippen LogP contribution in [0.15, 0.2) is 60.7 Å². The Morgan fingerprint density at radius 3 is 2.58 bits per heavy atom. The Hall–Kier alpha value is -2.81. The molecule has 0 amide bonds. The molecular formula is C23H23NO2. The largest absolute Gasteiger partial charge is 0.481 e. The molecule has 3 nitrogen and oxygen atoms in total. The molecular weight excluding hydrogens is 322 g/mol. The molecule has 2 aromatic carbocycles. The maximum atomic E-state index is 10.9. The molecule has 1 heterocycles. The standard InChI is InChI=1S/C23H23NO2/c25-23(26)14-13-17-7-6-11-20(15-17)24-21-12-5-4-10-19(21)16-22(24)18-8-2-1-3-9-18/h1-3,6-9,11,15-16H,4-5,10,12-14H2,(H,25,26). The summed E-state index contributed by atoms with van der Waals surface area (Å²) in [6, 6.07) is 21.2. The minimum Gasteiger partial charge on any atom is -0.481 e. The molecule has 0 unspecified atom stereocenters. The number of fused-ring (bicyclic) bond motifs is 1. The van der Waals surface area contributed by atoms with E-state index in [2.05, 4.69) is 47.0 Å². The van der Waals surface area contributed by atoms with Crippen LogP contribution >= 0.6 is 0 Å². The number of hydrogen-bond acceptors (Lipinski definition) is 1. The van der Waals surface area contributed by atoms with Gasteiger partial charge in [-0.05, 0) is 67.0 Å². The molecule has 0 radical (unpaired) electrons. The third-order valence-electron chi connectivity index (χ3n) is 5.17. The lowest BCUT2D eigenvalue weighted by atomic mass is 9.98. The van der Waals surface area contributed by atoms with E-state index in [-0.39, 0.29) is 6.42 Å². The summed E-state index contributed by atoms with van der Waals surface area (Å²) in [6.07, 6.45) is 5.45. The zero-order valence-corrected chi connectivity index (χ0v) is 14.8. The fourth-order valence-electron chi connectivity index (χ4n) is 3.92. The number of carboxylic acids is 1. The molecule has 0 saturated heterocycles. The lowest BCUT2D eigenvalue weighted by molar-refractivity contribution is -0.136. The summed E-state index contributed by atoms with van der Waals surface area (Å²) in [5.74, 6) is -0.751. The molecule has 0 spiro atoms. The van der Waals surface area contributed by atoms with Crippen LogP contribution in [0.3, 0.4) is 0 Å². The summed E-state index contributed by atoms with van der Waals surface area (Å²) in [5, 5.41) is 8.97. The molecule has 0 fully saturated rings. The van der Waals surface area contributed by atoms with Gasteiger partial charge in [0.2, 0.25) is 0 Å². The Morgan fingerprint density at radius 1 is 0.962 bits per heavy atom. The van der Waals surface area contributed by atoms with Gasteiger partial charge in [-0.3, -0.25) is 4.79 Å². The number of aliphatic carboxylic acids is 1. The number of rotatable bonds is 5. The summed E-state index contributed by atoms with van der Waals surface area (Å²) >= 11 is 0. The smallest absolute Gasteiger partial charge is 0.303 e. The van der Waals surface area contributed by atoms with Gasteiger partial charge in [0.25, 0.3) is 0 Å². The number of carbonyl (C=O) groups is 1. The van der Waals surface area contributed by atoms with Crippen molar-refractivity contribution in [2.24, 2.45) is 0 Å². The average molecular weight is 345 g/mol. The van der Waals surface area contributed by atoms with E-state index in [4.69, 9.17) is 5.11 Å². The molecule has 3 aromatic rings. The third kappa shape index (κ3) is 3.30. The molecule has 3 heteroatoms. The molecule has 0 saturated carbocycles. The first kappa shape index (κ1) is 16.6. The monoisotopic (exact) mass is 345 g/mol. The molecule has 0 bridgehead atoms. The van der Waals surface area contributed by atoms with E-state index < -0.39 is 5.97 Å². The van der Waals surface area contributed by atoms with Crippen LogP contribution in [0, 0.1) is 0 Å². The van der Waals surface area contributed by atoms with Gasteiger partial charge < -0.3 is 9.67 Å². The molecule has 1 N–H and O–H groups in total. The van der Waals surface area contributed by atoms with Crippen LogP contribution < -0.4 is 0 Å². The maximum absolute atomic E-state index is 10.9. The van der Waals surface area contributed by atoms with Crippen molar-refractivity contribution in [3.05, 3.63) is 77.5 Å². The highest BCUT2D eigenvalue weighted by molar-refractivity contribution is 5.68. The normalized spacial score (nSPS) is 13.4. The van der Waals surface area contributed by atoms with Gasteiger partial charge in [0.05, 0.1) is 5.69 Å². The second-order valence-corrected chi connectivity index (χ2v) is 6.97. The van der Waals surface area contributed by atoms with Crippen LogP contribution in [-0.2, 0) is 24.1 Å². The van der Waals surface area contributed by atoms with Gasteiger partial charge in [-0.1, -0.05) is 42.5 Å². The Bertz CT molecular complexity index is 925. The van der Waals surface area contributed by atoms with Gasteiger partial charge in [-0.2, -0.15) is 0 Å². The Kier molecular flexibility index (Phi) is 4.61. The van der Waals surface area contributed by atoms with Crippen molar-refractivity contribution in [3.63, 3.8) is 0 Å². The molecule has 1 aromatic heterocycles. The van der Waals surface area contributed by atoms with Crippen LogP contribution in [0.1, 0.15) is 36.1 Å². The second-order valence-electron chi connectivity index (χ2n) is 6.97. The molecule has 1 aliphatic rings. The second kappa shape index (κ2) is 7.20. The Balaban J connectivity index is 1.82. The van der Waals surface area contributed by atoms with Gasteiger partial charge in [0.1, 0.15) is 0 Å². The van der Waals surface area contributed by atoms with Crippen molar-refractivity contribution < 1.29 is 9.90 Å². The Labute approximate surface area is 153 Å². The predicted molar refractivity (Wildman–Crippen MR) is 104 cm³/mol. The number of aryl methyl sites for hydroxylation is 2. The molecule has 4 rings (SSSR count). The first-order chi connectivity index (χ1) is 12.7. The highest BCUT2D eigenvalue weighted by atomic mass is 16.4. The van der Waals surface area contributed by atoms with Crippen LogP contribution in [0.5, 0.6) is 0 Å². The maximum Gasteiger partial charge on any atom is 0.303 e. The molecule has 1 aliphatic carbocycles. The van der Waals surface area contributed by atoms with E-state index in [1.165, 1.54) is 35.4 Å². The lowest BCUT2D eigenvalue weighted by Gasteiger charge is -2.18. The van der Waals surface area contributed by atoms with E-state index in [0.29, 0.717) is 6.42 Å². The van der Waals surface area contributed by atoms with Crippen molar-refractivity contribution >= 4 is 5.97 Å². The molecule has 132 valence electrons. The van der Waals surface area contributed by atoms with Gasteiger partial charge in [0.15, 0.2) is 0 Å². The molecule has 0 aliphatic heterocycles. The van der Waals surface area contributed by atoms with E-state index in [9.17, 15) is 4.79 Å². The van der Waals surface area contributed by atoms with Gasteiger partial charge >= 0.3 is 5.97 Å². The first-order valence-electron chi connectivity index (χ1n) is 9.32. The minimum absolute atomic E-state index is 0.165. The van der Waals surface area contributed by atoms with Crippen LogP contribution in [-0.4, -0.2) is 15.6 Å². The zero-order valence-electron chi connectivity index (χ0n) is 14.8. The number of hydrogen-bond donors (Lipinski definition) is 1. The Morgan fingerprint density at radius 2 is 1.77 bits per heavy atom. The van der Waals surface area contributed by atoms with Crippen LogP contribution in [0.25, 0.3) is 16.9 Å². The van der Waals surface area contributed by atoms with Crippen molar-refractivity contribution in [2.45, 2.75) is 38.5 Å². The first-order valence-corrected chi connectivity index (χ1v) is 9.32. The topological polar surface area (TPSA) is 42.2 Å². The predicted octanol–water partition coefficient (Wildman–Crippen LogP) is 5.04. The van der Waals surface area contributed by atoms with Crippen LogP contribution in [0.4, 0.5) is 0 Å².